The Hall–Kier alpha value is -0.740. The highest BCUT2D eigenvalue weighted by molar-refractivity contribution is 5.85. The van der Waals surface area contributed by atoms with Crippen molar-refractivity contribution >= 4 is 11.6 Å². The summed E-state index contributed by atoms with van der Waals surface area (Å²) >= 11 is 0. The van der Waals surface area contributed by atoms with Crippen LogP contribution in [0.3, 0.4) is 0 Å². The van der Waals surface area contributed by atoms with Gasteiger partial charge >= 0.3 is 0 Å². The summed E-state index contributed by atoms with van der Waals surface area (Å²) in [7, 11) is 0. The van der Waals surface area contributed by atoms with Crippen LogP contribution in [0, 0.1) is 52.3 Å². The topological polar surface area (TPSA) is 63.6 Å². The van der Waals surface area contributed by atoms with E-state index in [4.69, 9.17) is 4.74 Å². The van der Waals surface area contributed by atoms with E-state index < -0.39 is 0 Å². The summed E-state index contributed by atoms with van der Waals surface area (Å²) in [6, 6.07) is 0. The summed E-state index contributed by atoms with van der Waals surface area (Å²) in [5.41, 5.74) is 0.270. The summed E-state index contributed by atoms with van der Waals surface area (Å²) < 4.78 is 6.55. The fraction of sp³-hybridized carbons (Fsp3) is 0.926. The van der Waals surface area contributed by atoms with Crippen LogP contribution in [-0.2, 0) is 14.3 Å². The molecule has 1 aliphatic heterocycles. The Balaban J connectivity index is 1.43. The van der Waals surface area contributed by atoms with Gasteiger partial charge in [0.25, 0.3) is 0 Å². The highest BCUT2D eigenvalue weighted by atomic mass is 16.5. The molecule has 4 nitrogen and oxygen atoms in total. The molecular weight excluding hydrogens is 388 g/mol. The predicted octanol–water partition coefficient (Wildman–Crippen LogP) is 4.81. The molecule has 1 saturated heterocycles. The zero-order valence-electron chi connectivity index (χ0n) is 20.1. The molecule has 0 aromatic carbocycles. The molecule has 0 amide bonds. The fourth-order valence-corrected chi connectivity index (χ4v) is 9.51. The molecule has 11 atom stereocenters. The van der Waals surface area contributed by atoms with E-state index in [-0.39, 0.29) is 46.8 Å². The first-order valence-corrected chi connectivity index (χ1v) is 13.0. The quantitative estimate of drug-likeness (QED) is 0.683. The van der Waals surface area contributed by atoms with Gasteiger partial charge in [-0.05, 0) is 85.4 Å². The van der Waals surface area contributed by atoms with Crippen molar-refractivity contribution in [2.75, 3.05) is 0 Å². The summed E-state index contributed by atoms with van der Waals surface area (Å²) in [5.74, 6) is 3.28. The molecule has 5 rings (SSSR count). The number of carbonyl (C=O) groups is 2. The summed E-state index contributed by atoms with van der Waals surface area (Å²) in [6.45, 7) is 11.1. The molecule has 0 bridgehead atoms. The molecule has 4 saturated carbocycles. The minimum atomic E-state index is -0.300. The highest BCUT2D eigenvalue weighted by Crippen LogP contribution is 2.68. The van der Waals surface area contributed by atoms with Gasteiger partial charge in [0.15, 0.2) is 5.78 Å². The van der Waals surface area contributed by atoms with Crippen molar-refractivity contribution in [2.24, 2.45) is 52.3 Å². The van der Waals surface area contributed by atoms with Crippen molar-refractivity contribution in [3.63, 3.8) is 0 Å². The minimum Gasteiger partial charge on any atom is -0.393 e. The smallest absolute Gasteiger partial charge is 0.164 e. The van der Waals surface area contributed by atoms with Crippen molar-refractivity contribution in [1.29, 1.82) is 0 Å². The molecule has 0 aromatic heterocycles. The van der Waals surface area contributed by atoms with Gasteiger partial charge in [-0.15, -0.1) is 0 Å². The Morgan fingerprint density at radius 2 is 1.77 bits per heavy atom. The van der Waals surface area contributed by atoms with Gasteiger partial charge in [0, 0.05) is 18.3 Å². The van der Waals surface area contributed by atoms with Crippen molar-refractivity contribution in [3.8, 4) is 0 Å². The zero-order chi connectivity index (χ0) is 22.3. The lowest BCUT2D eigenvalue weighted by Gasteiger charge is -2.60. The molecule has 4 aliphatic carbocycles. The number of fused-ring (bicyclic) bond motifs is 7. The largest absolute Gasteiger partial charge is 0.393 e. The first-order valence-electron chi connectivity index (χ1n) is 13.0. The molecule has 5 fully saturated rings. The van der Waals surface area contributed by atoms with Crippen LogP contribution < -0.4 is 0 Å². The standard InChI is InChI=1S/C27H42O4/c1-14(2)25(30)23-10-15(3)24-22(31-23)13-19-17-12-21(29)20-11-16(28)6-8-26(20,4)18(17)7-9-27(19,24)5/h14-20,22-24,28H,6-13H2,1-5H3. The lowest BCUT2D eigenvalue weighted by molar-refractivity contribution is -0.165. The van der Waals surface area contributed by atoms with Gasteiger partial charge in [-0.3, -0.25) is 9.59 Å². The second kappa shape index (κ2) is 7.38. The van der Waals surface area contributed by atoms with Gasteiger partial charge < -0.3 is 9.84 Å². The number of ketones is 2. The number of rotatable bonds is 2. The summed E-state index contributed by atoms with van der Waals surface area (Å²) in [4.78, 5) is 26.1. The number of ether oxygens (including phenoxy) is 1. The molecule has 4 heteroatoms. The van der Waals surface area contributed by atoms with E-state index in [0.717, 1.165) is 25.7 Å². The second-order valence-electron chi connectivity index (χ2n) is 12.8. The van der Waals surface area contributed by atoms with E-state index in [1.165, 1.54) is 12.8 Å². The van der Waals surface area contributed by atoms with Crippen LogP contribution in [0.15, 0.2) is 0 Å². The SMILES string of the molecule is CC(C)C(=O)C1CC(C)C2C(CC3C4CC(=O)C5CC(O)CCC5(C)C4CCC32C)O1. The van der Waals surface area contributed by atoms with E-state index in [0.29, 0.717) is 48.2 Å². The third-order valence-corrected chi connectivity index (χ3v) is 10.9. The van der Waals surface area contributed by atoms with Crippen molar-refractivity contribution in [1.82, 2.24) is 0 Å². The van der Waals surface area contributed by atoms with Crippen molar-refractivity contribution in [3.05, 3.63) is 0 Å². The van der Waals surface area contributed by atoms with Crippen LogP contribution in [0.25, 0.3) is 0 Å². The highest BCUT2D eigenvalue weighted by Gasteiger charge is 2.65. The average molecular weight is 431 g/mol. The first kappa shape index (κ1) is 22.1. The Bertz CT molecular complexity index is 760. The predicted molar refractivity (Wildman–Crippen MR) is 119 cm³/mol. The molecule has 11 unspecified atom stereocenters. The van der Waals surface area contributed by atoms with Gasteiger partial charge in [-0.1, -0.05) is 34.6 Å². The van der Waals surface area contributed by atoms with Crippen LogP contribution in [0.1, 0.15) is 86.0 Å². The van der Waals surface area contributed by atoms with Gasteiger partial charge in [0.1, 0.15) is 11.9 Å². The maximum Gasteiger partial charge on any atom is 0.164 e. The van der Waals surface area contributed by atoms with Gasteiger partial charge in [0.2, 0.25) is 0 Å². The minimum absolute atomic E-state index is 0.0203. The third-order valence-electron chi connectivity index (χ3n) is 10.9. The molecule has 0 radical (unpaired) electrons. The molecule has 0 aromatic rings. The summed E-state index contributed by atoms with van der Waals surface area (Å²) in [6.07, 6.45) is 7.11. The lowest BCUT2D eigenvalue weighted by Crippen LogP contribution is -2.57. The monoisotopic (exact) mass is 430 g/mol. The van der Waals surface area contributed by atoms with Crippen LogP contribution in [0.5, 0.6) is 0 Å². The van der Waals surface area contributed by atoms with Gasteiger partial charge in [0.05, 0.1) is 12.2 Å². The normalized spacial score (nSPS) is 54.0. The molecule has 174 valence electrons. The van der Waals surface area contributed by atoms with Crippen molar-refractivity contribution in [2.45, 2.75) is 104 Å². The van der Waals surface area contributed by atoms with Crippen LogP contribution in [0.2, 0.25) is 0 Å². The Kier molecular flexibility index (Phi) is 5.26. The molecule has 31 heavy (non-hydrogen) atoms. The van der Waals surface area contributed by atoms with Crippen LogP contribution in [-0.4, -0.2) is 35.0 Å². The van der Waals surface area contributed by atoms with E-state index in [1.807, 2.05) is 13.8 Å². The third kappa shape index (κ3) is 3.14. The number of carbonyl (C=O) groups excluding carboxylic acids is 2. The lowest BCUT2D eigenvalue weighted by atomic mass is 9.44. The number of Topliss-reactive ketones (excluding diaryl/α,β-unsaturated/α-hetero) is 2. The Morgan fingerprint density at radius 3 is 2.48 bits per heavy atom. The van der Waals surface area contributed by atoms with Gasteiger partial charge in [-0.2, -0.15) is 0 Å². The zero-order valence-corrected chi connectivity index (χ0v) is 20.1. The van der Waals surface area contributed by atoms with E-state index in [9.17, 15) is 14.7 Å². The van der Waals surface area contributed by atoms with Gasteiger partial charge in [-0.25, -0.2) is 0 Å². The Labute approximate surface area is 187 Å². The number of hydrogen-bond acceptors (Lipinski definition) is 4. The number of hydrogen-bond donors (Lipinski definition) is 1. The molecule has 0 spiro atoms. The molecular formula is C27H42O4. The molecule has 1 heterocycles. The Morgan fingerprint density at radius 1 is 1.06 bits per heavy atom. The molecule has 1 N–H and O–H groups in total. The van der Waals surface area contributed by atoms with Crippen LogP contribution in [0.4, 0.5) is 0 Å². The number of aliphatic hydroxyl groups is 1. The number of aliphatic hydroxyl groups excluding tert-OH is 1. The average Bonchev–Trinajstić information content (AvgIpc) is 3.02. The van der Waals surface area contributed by atoms with E-state index >= 15 is 0 Å². The maximum absolute atomic E-state index is 13.3. The van der Waals surface area contributed by atoms with E-state index in [2.05, 4.69) is 20.8 Å². The summed E-state index contributed by atoms with van der Waals surface area (Å²) in [5, 5.41) is 10.2. The fourth-order valence-electron chi connectivity index (χ4n) is 9.51. The maximum atomic E-state index is 13.3. The van der Waals surface area contributed by atoms with Crippen LogP contribution >= 0.6 is 0 Å². The first-order chi connectivity index (χ1) is 14.6. The van der Waals surface area contributed by atoms with E-state index in [1.54, 1.807) is 0 Å². The van der Waals surface area contributed by atoms with Crippen molar-refractivity contribution < 1.29 is 19.4 Å². The second-order valence-corrected chi connectivity index (χ2v) is 12.8. The molecule has 5 aliphatic rings.